The molecule has 1 aromatic carbocycles. The van der Waals surface area contributed by atoms with Gasteiger partial charge in [-0.1, -0.05) is 19.9 Å². The lowest BCUT2D eigenvalue weighted by Crippen LogP contribution is -2.53. The zero-order valence-corrected chi connectivity index (χ0v) is 9.17. The van der Waals surface area contributed by atoms with Crippen LogP contribution in [-0.2, 0) is 0 Å². The van der Waals surface area contributed by atoms with Crippen LogP contribution in [0.3, 0.4) is 0 Å². The maximum absolute atomic E-state index is 5.88. The molecule has 2 heteroatoms. The minimum Gasteiger partial charge on any atom is -0.398 e. The Morgan fingerprint density at radius 1 is 1.29 bits per heavy atom. The van der Waals surface area contributed by atoms with Crippen LogP contribution in [-0.4, -0.2) is 13.1 Å². The summed E-state index contributed by atoms with van der Waals surface area (Å²) >= 11 is 0. The first-order chi connectivity index (χ1) is 6.49. The molecule has 0 bridgehead atoms. The Labute approximate surface area is 85.7 Å². The summed E-state index contributed by atoms with van der Waals surface area (Å²) < 4.78 is 0. The van der Waals surface area contributed by atoms with Crippen LogP contribution in [0, 0.1) is 12.3 Å². The Bertz CT molecular complexity index is 347. The molecule has 1 aliphatic heterocycles. The van der Waals surface area contributed by atoms with Gasteiger partial charge in [0.25, 0.3) is 0 Å². The molecule has 2 N–H and O–H groups in total. The Morgan fingerprint density at radius 3 is 2.50 bits per heavy atom. The molecule has 0 saturated carbocycles. The normalized spacial score (nSPS) is 19.2. The van der Waals surface area contributed by atoms with Crippen LogP contribution in [0.5, 0.6) is 0 Å². The summed E-state index contributed by atoms with van der Waals surface area (Å²) in [7, 11) is 0. The third kappa shape index (κ3) is 1.45. The molecule has 0 amide bonds. The lowest BCUT2D eigenvalue weighted by atomic mass is 9.83. The quantitative estimate of drug-likeness (QED) is 0.689. The van der Waals surface area contributed by atoms with Crippen LogP contribution in [0.25, 0.3) is 0 Å². The van der Waals surface area contributed by atoms with Gasteiger partial charge in [0.05, 0.1) is 0 Å². The second-order valence-corrected chi connectivity index (χ2v) is 5.01. The fraction of sp³-hybridized carbons (Fsp3) is 0.500. The average molecular weight is 190 g/mol. The summed E-state index contributed by atoms with van der Waals surface area (Å²) in [4.78, 5) is 2.39. The number of anilines is 2. The van der Waals surface area contributed by atoms with Gasteiger partial charge < -0.3 is 10.6 Å². The summed E-state index contributed by atoms with van der Waals surface area (Å²) in [6.07, 6.45) is 0. The molecule has 1 aliphatic rings. The smallest absolute Gasteiger partial charge is 0.0417 e. The van der Waals surface area contributed by atoms with Gasteiger partial charge in [-0.2, -0.15) is 0 Å². The molecule has 14 heavy (non-hydrogen) atoms. The van der Waals surface area contributed by atoms with E-state index < -0.39 is 0 Å². The molecule has 0 atom stereocenters. The third-order valence-corrected chi connectivity index (χ3v) is 2.93. The maximum atomic E-state index is 5.88. The van der Waals surface area contributed by atoms with E-state index in [1.807, 2.05) is 12.1 Å². The van der Waals surface area contributed by atoms with Crippen molar-refractivity contribution in [3.63, 3.8) is 0 Å². The average Bonchev–Trinajstić information content (AvgIpc) is 2.06. The molecule has 1 aromatic rings. The van der Waals surface area contributed by atoms with E-state index in [9.17, 15) is 0 Å². The van der Waals surface area contributed by atoms with Crippen LogP contribution >= 0.6 is 0 Å². The highest BCUT2D eigenvalue weighted by atomic mass is 15.2. The second kappa shape index (κ2) is 2.91. The van der Waals surface area contributed by atoms with E-state index in [4.69, 9.17) is 5.73 Å². The van der Waals surface area contributed by atoms with Gasteiger partial charge in [0.15, 0.2) is 0 Å². The van der Waals surface area contributed by atoms with Gasteiger partial charge in [-0.25, -0.2) is 0 Å². The lowest BCUT2D eigenvalue weighted by Gasteiger charge is -2.48. The summed E-state index contributed by atoms with van der Waals surface area (Å²) in [6, 6.07) is 6.15. The predicted octanol–water partition coefficient (Wildman–Crippen LogP) is 2.42. The van der Waals surface area contributed by atoms with E-state index in [2.05, 4.69) is 31.7 Å². The van der Waals surface area contributed by atoms with Gasteiger partial charge in [-0.3, -0.25) is 0 Å². The molecule has 1 heterocycles. The van der Waals surface area contributed by atoms with Crippen molar-refractivity contribution < 1.29 is 0 Å². The molecular weight excluding hydrogens is 172 g/mol. The molecule has 76 valence electrons. The van der Waals surface area contributed by atoms with Crippen LogP contribution in [0.1, 0.15) is 19.4 Å². The van der Waals surface area contributed by atoms with E-state index in [0.717, 1.165) is 18.8 Å². The van der Waals surface area contributed by atoms with Crippen molar-refractivity contribution in [2.45, 2.75) is 20.8 Å². The molecule has 0 aromatic heterocycles. The first kappa shape index (κ1) is 9.38. The minimum absolute atomic E-state index is 0.469. The molecule has 1 fully saturated rings. The summed E-state index contributed by atoms with van der Waals surface area (Å²) in [5.74, 6) is 0. The maximum Gasteiger partial charge on any atom is 0.0417 e. The minimum atomic E-state index is 0.469. The standard InChI is InChI=1S/C12H18N2/c1-9-10(13)5-4-6-11(9)14-7-12(2,3)8-14/h4-6H,7-8,13H2,1-3H3. The number of rotatable bonds is 1. The molecule has 0 aliphatic carbocycles. The second-order valence-electron chi connectivity index (χ2n) is 5.01. The van der Waals surface area contributed by atoms with Gasteiger partial charge in [-0.05, 0) is 30.0 Å². The van der Waals surface area contributed by atoms with Gasteiger partial charge in [0.2, 0.25) is 0 Å². The molecule has 2 nitrogen and oxygen atoms in total. The van der Waals surface area contributed by atoms with Crippen LogP contribution < -0.4 is 10.6 Å². The molecule has 0 unspecified atom stereocenters. The molecule has 1 saturated heterocycles. The highest BCUT2D eigenvalue weighted by Crippen LogP contribution is 2.36. The van der Waals surface area contributed by atoms with Crippen molar-refractivity contribution in [1.29, 1.82) is 0 Å². The van der Waals surface area contributed by atoms with Crippen molar-refractivity contribution >= 4 is 11.4 Å². The fourth-order valence-electron chi connectivity index (χ4n) is 2.14. The zero-order valence-electron chi connectivity index (χ0n) is 9.17. The third-order valence-electron chi connectivity index (χ3n) is 2.93. The van der Waals surface area contributed by atoms with E-state index in [0.29, 0.717) is 5.41 Å². The van der Waals surface area contributed by atoms with Gasteiger partial charge in [0, 0.05) is 24.5 Å². The molecular formula is C12H18N2. The molecule has 2 rings (SSSR count). The van der Waals surface area contributed by atoms with Gasteiger partial charge in [-0.15, -0.1) is 0 Å². The number of benzene rings is 1. The van der Waals surface area contributed by atoms with E-state index in [-0.39, 0.29) is 0 Å². The van der Waals surface area contributed by atoms with E-state index >= 15 is 0 Å². The fourth-order valence-corrected chi connectivity index (χ4v) is 2.14. The van der Waals surface area contributed by atoms with E-state index in [1.165, 1.54) is 11.3 Å². The first-order valence-corrected chi connectivity index (χ1v) is 5.10. The summed E-state index contributed by atoms with van der Waals surface area (Å²) in [6.45, 7) is 8.96. The van der Waals surface area contributed by atoms with Crippen molar-refractivity contribution in [1.82, 2.24) is 0 Å². The van der Waals surface area contributed by atoms with Gasteiger partial charge in [0.1, 0.15) is 0 Å². The topological polar surface area (TPSA) is 29.3 Å². The lowest BCUT2D eigenvalue weighted by molar-refractivity contribution is 0.276. The first-order valence-electron chi connectivity index (χ1n) is 5.10. The van der Waals surface area contributed by atoms with Crippen LogP contribution in [0.4, 0.5) is 11.4 Å². The van der Waals surface area contributed by atoms with Crippen LogP contribution in [0.2, 0.25) is 0 Å². The van der Waals surface area contributed by atoms with Crippen LogP contribution in [0.15, 0.2) is 18.2 Å². The highest BCUT2D eigenvalue weighted by molar-refractivity contribution is 5.65. The Hall–Kier alpha value is -1.18. The number of nitrogen functional groups attached to an aromatic ring is 1. The Kier molecular flexibility index (Phi) is 1.95. The Balaban J connectivity index is 2.23. The Morgan fingerprint density at radius 2 is 1.93 bits per heavy atom. The van der Waals surface area contributed by atoms with Crippen molar-refractivity contribution in [2.24, 2.45) is 5.41 Å². The number of nitrogens with zero attached hydrogens (tertiary/aromatic N) is 1. The number of hydrogen-bond acceptors (Lipinski definition) is 2. The van der Waals surface area contributed by atoms with Crippen molar-refractivity contribution in [3.05, 3.63) is 23.8 Å². The van der Waals surface area contributed by atoms with Gasteiger partial charge >= 0.3 is 0 Å². The molecule has 0 radical (unpaired) electrons. The SMILES string of the molecule is Cc1c(N)cccc1N1CC(C)(C)C1. The summed E-state index contributed by atoms with van der Waals surface area (Å²) in [5.41, 5.74) is 9.75. The monoisotopic (exact) mass is 190 g/mol. The predicted molar refractivity (Wildman–Crippen MR) is 61.6 cm³/mol. The highest BCUT2D eigenvalue weighted by Gasteiger charge is 2.34. The van der Waals surface area contributed by atoms with E-state index in [1.54, 1.807) is 0 Å². The summed E-state index contributed by atoms with van der Waals surface area (Å²) in [5, 5.41) is 0. The zero-order chi connectivity index (χ0) is 10.3. The number of hydrogen-bond donors (Lipinski definition) is 1. The largest absolute Gasteiger partial charge is 0.398 e. The van der Waals surface area contributed by atoms with Crippen molar-refractivity contribution in [2.75, 3.05) is 23.7 Å². The van der Waals surface area contributed by atoms with Crippen molar-refractivity contribution in [3.8, 4) is 0 Å². The molecule has 0 spiro atoms. The number of nitrogens with two attached hydrogens (primary N) is 1.